The summed E-state index contributed by atoms with van der Waals surface area (Å²) in [5.41, 5.74) is 12.8. The smallest absolute Gasteiger partial charge is 0.223 e. The number of ether oxygens (including phenoxy) is 1. The Morgan fingerprint density at radius 3 is 2.75 bits per heavy atom. The van der Waals surface area contributed by atoms with E-state index < -0.39 is 0 Å². The van der Waals surface area contributed by atoms with Gasteiger partial charge in [0, 0.05) is 12.1 Å². The maximum atomic E-state index is 10.8. The van der Waals surface area contributed by atoms with Crippen LogP contribution >= 0.6 is 0 Å². The minimum atomic E-state index is -0.360. The Morgan fingerprint density at radius 2 is 2.19 bits per heavy atom. The fourth-order valence-electron chi connectivity index (χ4n) is 1.31. The maximum absolute atomic E-state index is 10.8. The van der Waals surface area contributed by atoms with Gasteiger partial charge in [0.05, 0.1) is 12.5 Å². The van der Waals surface area contributed by atoms with Crippen LogP contribution in [-0.2, 0) is 11.3 Å². The van der Waals surface area contributed by atoms with E-state index in [9.17, 15) is 4.79 Å². The quantitative estimate of drug-likeness (QED) is 0.778. The number of hydrogen-bond donors (Lipinski definition) is 2. The van der Waals surface area contributed by atoms with Crippen LogP contribution in [0, 0.1) is 12.8 Å². The molecule has 4 N–H and O–H groups in total. The van der Waals surface area contributed by atoms with Crippen LogP contribution in [0.15, 0.2) is 18.2 Å². The molecule has 0 fully saturated rings. The van der Waals surface area contributed by atoms with Gasteiger partial charge in [0.25, 0.3) is 0 Å². The lowest BCUT2D eigenvalue weighted by Crippen LogP contribution is -2.26. The fourth-order valence-corrected chi connectivity index (χ4v) is 1.31. The molecule has 1 atom stereocenters. The Hall–Kier alpha value is -1.55. The van der Waals surface area contributed by atoms with Crippen molar-refractivity contribution < 1.29 is 9.53 Å². The molecule has 0 aliphatic carbocycles. The molecule has 0 saturated carbocycles. The van der Waals surface area contributed by atoms with Gasteiger partial charge in [0.2, 0.25) is 5.91 Å². The Morgan fingerprint density at radius 1 is 1.50 bits per heavy atom. The normalized spacial score (nSPS) is 12.2. The van der Waals surface area contributed by atoms with Crippen molar-refractivity contribution >= 4 is 5.91 Å². The predicted molar refractivity (Wildman–Crippen MR) is 62.9 cm³/mol. The molecule has 1 rings (SSSR count). The Kier molecular flexibility index (Phi) is 4.31. The second kappa shape index (κ2) is 5.51. The van der Waals surface area contributed by atoms with Crippen LogP contribution in [0.2, 0.25) is 0 Å². The summed E-state index contributed by atoms with van der Waals surface area (Å²) in [4.78, 5) is 10.8. The molecule has 0 aromatic heterocycles. The van der Waals surface area contributed by atoms with Crippen LogP contribution in [0.25, 0.3) is 0 Å². The van der Waals surface area contributed by atoms with E-state index in [1.54, 1.807) is 6.92 Å². The highest BCUT2D eigenvalue weighted by Gasteiger charge is 2.10. The van der Waals surface area contributed by atoms with Crippen molar-refractivity contribution in [2.24, 2.45) is 17.4 Å². The average Bonchev–Trinajstić information content (AvgIpc) is 2.26. The standard InChI is InChI=1S/C12H18N2O2/c1-8-3-4-11(10(5-8)6-13)16-7-9(2)12(14)15/h3-5,9H,6-7,13H2,1-2H3,(H2,14,15). The number of carbonyl (C=O) groups excluding carboxylic acids is 1. The number of amides is 1. The Labute approximate surface area is 95.6 Å². The van der Waals surface area contributed by atoms with Crippen LogP contribution in [0.5, 0.6) is 5.75 Å². The van der Waals surface area contributed by atoms with Crippen molar-refractivity contribution in [3.8, 4) is 5.75 Å². The first-order chi connectivity index (χ1) is 7.54. The molecule has 0 aliphatic heterocycles. The van der Waals surface area contributed by atoms with Gasteiger partial charge in [-0.25, -0.2) is 0 Å². The number of hydrogen-bond acceptors (Lipinski definition) is 3. The molecule has 1 amide bonds. The first-order valence-corrected chi connectivity index (χ1v) is 5.26. The SMILES string of the molecule is Cc1ccc(OCC(C)C(N)=O)c(CN)c1. The fraction of sp³-hybridized carbons (Fsp3) is 0.417. The molecule has 16 heavy (non-hydrogen) atoms. The van der Waals surface area contributed by atoms with Crippen molar-refractivity contribution in [2.75, 3.05) is 6.61 Å². The Bertz CT molecular complexity index is 377. The second-order valence-corrected chi connectivity index (χ2v) is 3.93. The van der Waals surface area contributed by atoms with Gasteiger partial charge in [-0.1, -0.05) is 24.6 Å². The molecule has 1 aromatic rings. The summed E-state index contributed by atoms with van der Waals surface area (Å²) in [5.74, 6) is 0.0644. The van der Waals surface area contributed by atoms with E-state index in [1.165, 1.54) is 0 Å². The third kappa shape index (κ3) is 3.24. The minimum absolute atomic E-state index is 0.283. The third-order valence-electron chi connectivity index (χ3n) is 2.41. The number of rotatable bonds is 5. The molecule has 1 unspecified atom stereocenters. The van der Waals surface area contributed by atoms with E-state index in [0.717, 1.165) is 16.9 Å². The van der Waals surface area contributed by atoms with E-state index in [4.69, 9.17) is 16.2 Å². The van der Waals surface area contributed by atoms with E-state index in [-0.39, 0.29) is 18.4 Å². The third-order valence-corrected chi connectivity index (χ3v) is 2.41. The lowest BCUT2D eigenvalue weighted by molar-refractivity contribution is -0.122. The molecule has 4 nitrogen and oxygen atoms in total. The van der Waals surface area contributed by atoms with Crippen LogP contribution in [0.4, 0.5) is 0 Å². The van der Waals surface area contributed by atoms with E-state index in [2.05, 4.69) is 0 Å². The molecule has 0 saturated heterocycles. The van der Waals surface area contributed by atoms with E-state index in [1.807, 2.05) is 25.1 Å². The molecule has 1 aromatic carbocycles. The first-order valence-electron chi connectivity index (χ1n) is 5.26. The number of aryl methyl sites for hydroxylation is 1. The van der Waals surface area contributed by atoms with Crippen LogP contribution in [0.1, 0.15) is 18.1 Å². The van der Waals surface area contributed by atoms with Gasteiger partial charge in [0.1, 0.15) is 5.75 Å². The van der Waals surface area contributed by atoms with Gasteiger partial charge in [0.15, 0.2) is 0 Å². The number of primary amides is 1. The number of nitrogens with two attached hydrogens (primary N) is 2. The lowest BCUT2D eigenvalue weighted by atomic mass is 10.1. The summed E-state index contributed by atoms with van der Waals surface area (Å²) in [5, 5.41) is 0. The van der Waals surface area contributed by atoms with Gasteiger partial charge in [-0.15, -0.1) is 0 Å². The van der Waals surface area contributed by atoms with Gasteiger partial charge >= 0.3 is 0 Å². The summed E-state index contributed by atoms with van der Waals surface area (Å²) in [6, 6.07) is 5.79. The van der Waals surface area contributed by atoms with Crippen molar-refractivity contribution in [1.82, 2.24) is 0 Å². The zero-order valence-corrected chi connectivity index (χ0v) is 9.69. The topological polar surface area (TPSA) is 78.3 Å². The van der Waals surface area contributed by atoms with E-state index >= 15 is 0 Å². The predicted octanol–water partition coefficient (Wildman–Crippen LogP) is 0.954. The molecule has 0 heterocycles. The number of carbonyl (C=O) groups is 1. The van der Waals surface area contributed by atoms with Gasteiger partial charge in [-0.05, 0) is 13.0 Å². The lowest BCUT2D eigenvalue weighted by Gasteiger charge is -2.13. The van der Waals surface area contributed by atoms with Gasteiger partial charge < -0.3 is 16.2 Å². The molecule has 4 heteroatoms. The molecule has 0 bridgehead atoms. The molecule has 0 aliphatic rings. The van der Waals surface area contributed by atoms with Crippen molar-refractivity contribution in [1.29, 1.82) is 0 Å². The van der Waals surface area contributed by atoms with Crippen LogP contribution in [-0.4, -0.2) is 12.5 Å². The minimum Gasteiger partial charge on any atom is -0.492 e. The summed E-state index contributed by atoms with van der Waals surface area (Å²) in [6.45, 7) is 4.43. The summed E-state index contributed by atoms with van der Waals surface area (Å²) in [7, 11) is 0. The van der Waals surface area contributed by atoms with Gasteiger partial charge in [-0.3, -0.25) is 4.79 Å². The van der Waals surface area contributed by atoms with Crippen molar-refractivity contribution in [3.05, 3.63) is 29.3 Å². The van der Waals surface area contributed by atoms with Gasteiger partial charge in [-0.2, -0.15) is 0 Å². The van der Waals surface area contributed by atoms with Crippen LogP contribution < -0.4 is 16.2 Å². The highest BCUT2D eigenvalue weighted by Crippen LogP contribution is 2.20. The summed E-state index contributed by atoms with van der Waals surface area (Å²) < 4.78 is 5.53. The first kappa shape index (κ1) is 12.5. The summed E-state index contributed by atoms with van der Waals surface area (Å²) in [6.07, 6.45) is 0. The molecule has 0 spiro atoms. The molecule has 88 valence electrons. The average molecular weight is 222 g/mol. The molecular weight excluding hydrogens is 204 g/mol. The molecule has 0 radical (unpaired) electrons. The number of benzene rings is 1. The van der Waals surface area contributed by atoms with Crippen molar-refractivity contribution in [3.63, 3.8) is 0 Å². The summed E-state index contributed by atoms with van der Waals surface area (Å²) >= 11 is 0. The largest absolute Gasteiger partial charge is 0.492 e. The maximum Gasteiger partial charge on any atom is 0.223 e. The molecular formula is C12H18N2O2. The highest BCUT2D eigenvalue weighted by molar-refractivity contribution is 5.76. The highest BCUT2D eigenvalue weighted by atomic mass is 16.5. The second-order valence-electron chi connectivity index (χ2n) is 3.93. The zero-order chi connectivity index (χ0) is 12.1. The van der Waals surface area contributed by atoms with Crippen LogP contribution in [0.3, 0.4) is 0 Å². The zero-order valence-electron chi connectivity index (χ0n) is 9.69. The van der Waals surface area contributed by atoms with Crippen molar-refractivity contribution in [2.45, 2.75) is 20.4 Å². The Balaban J connectivity index is 2.70. The van der Waals surface area contributed by atoms with E-state index in [0.29, 0.717) is 6.54 Å². The monoisotopic (exact) mass is 222 g/mol.